The fraction of sp³-hybridized carbons (Fsp3) is 0.133. The van der Waals surface area contributed by atoms with Crippen LogP contribution in [0.4, 0.5) is 0 Å². The molecule has 2 heterocycles. The second-order valence-electron chi connectivity index (χ2n) is 4.79. The molecule has 2 aromatic heterocycles. The molecule has 0 aliphatic heterocycles. The maximum Gasteiger partial charge on any atom is 0.331 e. The number of aromatic nitrogens is 3. The first-order valence-electron chi connectivity index (χ1n) is 6.43. The maximum atomic E-state index is 11.9. The van der Waals surface area contributed by atoms with Crippen LogP contribution in [-0.4, -0.2) is 19.6 Å². The summed E-state index contributed by atoms with van der Waals surface area (Å²) in [6, 6.07) is 9.38. The average Bonchev–Trinajstić information content (AvgIpc) is 2.49. The van der Waals surface area contributed by atoms with E-state index in [0.717, 1.165) is 21.0 Å². The van der Waals surface area contributed by atoms with E-state index < -0.39 is 11.2 Å². The van der Waals surface area contributed by atoms with E-state index in [2.05, 4.69) is 9.97 Å². The highest BCUT2D eigenvalue weighted by Crippen LogP contribution is 2.18. The molecule has 1 aromatic carbocycles. The van der Waals surface area contributed by atoms with Crippen LogP contribution < -0.4 is 11.2 Å². The highest BCUT2D eigenvalue weighted by atomic mass is 16.3. The minimum atomic E-state index is -0.643. The van der Waals surface area contributed by atoms with Gasteiger partial charge in [-0.25, -0.2) is 4.79 Å². The highest BCUT2D eigenvalue weighted by Gasteiger charge is 2.12. The lowest BCUT2D eigenvalue weighted by Gasteiger charge is -2.11. The lowest BCUT2D eigenvalue weighted by molar-refractivity contribution is 0.404. The van der Waals surface area contributed by atoms with Gasteiger partial charge in [0.2, 0.25) is 5.88 Å². The van der Waals surface area contributed by atoms with Crippen LogP contribution in [0.5, 0.6) is 5.88 Å². The van der Waals surface area contributed by atoms with Crippen LogP contribution in [0.2, 0.25) is 0 Å². The maximum absolute atomic E-state index is 11.9. The van der Waals surface area contributed by atoms with Gasteiger partial charge in [0.15, 0.2) is 0 Å². The van der Waals surface area contributed by atoms with Crippen molar-refractivity contribution in [3.63, 3.8) is 0 Å². The molecule has 0 saturated carbocycles. The third kappa shape index (κ3) is 2.20. The Morgan fingerprint density at radius 3 is 2.81 bits per heavy atom. The Labute approximate surface area is 119 Å². The molecule has 3 aromatic rings. The monoisotopic (exact) mass is 283 g/mol. The van der Waals surface area contributed by atoms with Gasteiger partial charge >= 0.3 is 5.69 Å². The first kappa shape index (κ1) is 13.1. The second kappa shape index (κ2) is 4.90. The molecule has 106 valence electrons. The van der Waals surface area contributed by atoms with E-state index >= 15 is 0 Å². The van der Waals surface area contributed by atoms with Gasteiger partial charge < -0.3 is 5.11 Å². The third-order valence-corrected chi connectivity index (χ3v) is 3.44. The van der Waals surface area contributed by atoms with E-state index in [1.165, 1.54) is 6.92 Å². The number of hydrogen-bond donors (Lipinski definition) is 2. The van der Waals surface area contributed by atoms with E-state index in [4.69, 9.17) is 0 Å². The molecule has 0 amide bonds. The minimum absolute atomic E-state index is 0.114. The molecule has 0 atom stereocenters. The smallest absolute Gasteiger partial charge is 0.331 e. The number of nitrogens with one attached hydrogen (secondary N) is 1. The number of para-hydroxylation sites is 1. The lowest BCUT2D eigenvalue weighted by atomic mass is 10.1. The van der Waals surface area contributed by atoms with Crippen molar-refractivity contribution in [1.82, 2.24) is 14.5 Å². The Morgan fingerprint density at radius 2 is 2.00 bits per heavy atom. The highest BCUT2D eigenvalue weighted by molar-refractivity contribution is 5.81. The van der Waals surface area contributed by atoms with Crippen LogP contribution in [0.15, 0.2) is 46.1 Å². The fourth-order valence-corrected chi connectivity index (χ4v) is 2.27. The SMILES string of the molecule is Cc1c(O)n(Cc2cccc3cccnc23)c(=O)[nH]c1=O. The van der Waals surface area contributed by atoms with Crippen LogP contribution in [-0.2, 0) is 6.54 Å². The Morgan fingerprint density at radius 1 is 1.24 bits per heavy atom. The van der Waals surface area contributed by atoms with Crippen molar-refractivity contribution < 1.29 is 5.11 Å². The normalized spacial score (nSPS) is 10.9. The van der Waals surface area contributed by atoms with Crippen LogP contribution in [0, 0.1) is 6.92 Å². The summed E-state index contributed by atoms with van der Waals surface area (Å²) in [6.07, 6.45) is 1.67. The number of benzene rings is 1. The van der Waals surface area contributed by atoms with Gasteiger partial charge in [0.1, 0.15) is 0 Å². The van der Waals surface area contributed by atoms with Gasteiger partial charge in [-0.2, -0.15) is 0 Å². The summed E-state index contributed by atoms with van der Waals surface area (Å²) in [4.78, 5) is 29.8. The zero-order valence-electron chi connectivity index (χ0n) is 11.3. The van der Waals surface area contributed by atoms with Gasteiger partial charge in [-0.15, -0.1) is 0 Å². The molecule has 0 unspecified atom stereocenters. The molecule has 3 rings (SSSR count). The van der Waals surface area contributed by atoms with Crippen molar-refractivity contribution in [2.45, 2.75) is 13.5 Å². The minimum Gasteiger partial charge on any atom is -0.494 e. The number of H-pyrrole nitrogens is 1. The number of hydrogen-bond acceptors (Lipinski definition) is 4. The summed E-state index contributed by atoms with van der Waals surface area (Å²) in [5, 5.41) is 11.0. The molecule has 6 nitrogen and oxygen atoms in total. The Bertz CT molecular complexity index is 936. The largest absolute Gasteiger partial charge is 0.494 e. The molecule has 2 N–H and O–H groups in total. The molecule has 0 saturated heterocycles. The number of aromatic amines is 1. The van der Waals surface area contributed by atoms with Crippen LogP contribution in [0.3, 0.4) is 0 Å². The number of rotatable bonds is 2. The number of fused-ring (bicyclic) bond motifs is 1. The standard InChI is InChI=1S/C15H13N3O3/c1-9-13(19)17-15(21)18(14(9)20)8-11-5-2-4-10-6-3-7-16-12(10)11/h2-7,20H,8H2,1H3,(H,17,19,21). The van der Waals surface area contributed by atoms with Crippen molar-refractivity contribution in [2.24, 2.45) is 0 Å². The lowest BCUT2D eigenvalue weighted by Crippen LogP contribution is -2.31. The van der Waals surface area contributed by atoms with Crippen LogP contribution in [0.1, 0.15) is 11.1 Å². The summed E-state index contributed by atoms with van der Waals surface area (Å²) in [5.74, 6) is -0.323. The van der Waals surface area contributed by atoms with Gasteiger partial charge in [-0.05, 0) is 18.6 Å². The summed E-state index contributed by atoms with van der Waals surface area (Å²) in [7, 11) is 0. The van der Waals surface area contributed by atoms with E-state index in [1.54, 1.807) is 6.20 Å². The molecule has 0 radical (unpaired) electrons. The topological polar surface area (TPSA) is 88.0 Å². The van der Waals surface area contributed by atoms with Crippen molar-refractivity contribution in [2.75, 3.05) is 0 Å². The van der Waals surface area contributed by atoms with Crippen LogP contribution >= 0.6 is 0 Å². The fourth-order valence-electron chi connectivity index (χ4n) is 2.27. The average molecular weight is 283 g/mol. The molecule has 6 heteroatoms. The van der Waals surface area contributed by atoms with Gasteiger partial charge in [0, 0.05) is 11.6 Å². The third-order valence-electron chi connectivity index (χ3n) is 3.44. The number of nitrogens with zero attached hydrogens (tertiary/aromatic N) is 2. The first-order chi connectivity index (χ1) is 10.1. The molecule has 0 spiro atoms. The summed E-state index contributed by atoms with van der Waals surface area (Å²) >= 11 is 0. The number of pyridine rings is 1. The summed E-state index contributed by atoms with van der Waals surface area (Å²) in [6.45, 7) is 1.60. The Kier molecular flexibility index (Phi) is 3.06. The molecule has 0 bridgehead atoms. The summed E-state index contributed by atoms with van der Waals surface area (Å²) < 4.78 is 1.13. The quantitative estimate of drug-likeness (QED) is 0.738. The van der Waals surface area contributed by atoms with Crippen molar-refractivity contribution in [3.05, 3.63) is 68.5 Å². The second-order valence-corrected chi connectivity index (χ2v) is 4.79. The van der Waals surface area contributed by atoms with Gasteiger partial charge in [0.25, 0.3) is 5.56 Å². The molecule has 0 aliphatic rings. The molecular weight excluding hydrogens is 270 g/mol. The first-order valence-corrected chi connectivity index (χ1v) is 6.43. The van der Waals surface area contributed by atoms with Gasteiger partial charge in [-0.1, -0.05) is 24.3 Å². The molecule has 21 heavy (non-hydrogen) atoms. The van der Waals surface area contributed by atoms with Crippen molar-refractivity contribution in [1.29, 1.82) is 0 Å². The Balaban J connectivity index is 2.18. The molecule has 0 aliphatic carbocycles. The van der Waals surface area contributed by atoms with Gasteiger partial charge in [-0.3, -0.25) is 19.3 Å². The zero-order chi connectivity index (χ0) is 15.0. The van der Waals surface area contributed by atoms with E-state index in [9.17, 15) is 14.7 Å². The van der Waals surface area contributed by atoms with E-state index in [1.807, 2.05) is 30.3 Å². The van der Waals surface area contributed by atoms with E-state index in [-0.39, 0.29) is 18.0 Å². The molecule has 0 fully saturated rings. The van der Waals surface area contributed by atoms with E-state index in [0.29, 0.717) is 0 Å². The predicted molar refractivity (Wildman–Crippen MR) is 78.6 cm³/mol. The predicted octanol–water partition coefficient (Wildman–Crippen LogP) is 1.15. The summed E-state index contributed by atoms with van der Waals surface area (Å²) in [5.41, 5.74) is 0.440. The molecular formula is C15H13N3O3. The van der Waals surface area contributed by atoms with Gasteiger partial charge in [0.05, 0.1) is 17.6 Å². The van der Waals surface area contributed by atoms with Crippen molar-refractivity contribution >= 4 is 10.9 Å². The number of aromatic hydroxyl groups is 1. The zero-order valence-corrected chi connectivity index (χ0v) is 11.3. The Hall–Kier alpha value is -2.89. The van der Waals surface area contributed by atoms with Crippen molar-refractivity contribution in [3.8, 4) is 5.88 Å². The van der Waals surface area contributed by atoms with Crippen LogP contribution in [0.25, 0.3) is 10.9 Å².